The van der Waals surface area contributed by atoms with Crippen molar-refractivity contribution in [1.82, 2.24) is 14.4 Å². The Hall–Kier alpha value is -2.27. The lowest BCUT2D eigenvalue weighted by atomic mass is 9.94. The summed E-state index contributed by atoms with van der Waals surface area (Å²) in [6, 6.07) is 14.1. The van der Waals surface area contributed by atoms with Crippen molar-refractivity contribution in [3.05, 3.63) is 59.9 Å². The highest BCUT2D eigenvalue weighted by atomic mass is 35.5. The zero-order chi connectivity index (χ0) is 21.0. The summed E-state index contributed by atoms with van der Waals surface area (Å²) in [5.41, 5.74) is 1.45. The van der Waals surface area contributed by atoms with Gasteiger partial charge in [0.25, 0.3) is 0 Å². The average Bonchev–Trinajstić information content (AvgIpc) is 3.48. The highest BCUT2D eigenvalue weighted by Crippen LogP contribution is 2.32. The van der Waals surface area contributed by atoms with Gasteiger partial charge in [-0.3, -0.25) is 9.59 Å². The van der Waals surface area contributed by atoms with Gasteiger partial charge in [-0.2, -0.15) is 0 Å². The second-order valence-electron chi connectivity index (χ2n) is 8.53. The molecule has 1 aliphatic carbocycles. The molecular formula is C23H30ClN3O2. The number of amides is 2. The molecule has 0 saturated heterocycles. The summed E-state index contributed by atoms with van der Waals surface area (Å²) >= 11 is 6.03. The van der Waals surface area contributed by atoms with Crippen LogP contribution in [0.5, 0.6) is 0 Å². The van der Waals surface area contributed by atoms with Crippen LogP contribution in [0.1, 0.15) is 37.9 Å². The van der Waals surface area contributed by atoms with E-state index in [1.807, 2.05) is 79.0 Å². The summed E-state index contributed by atoms with van der Waals surface area (Å²) in [5, 5.41) is 0. The third-order valence-electron chi connectivity index (χ3n) is 5.44. The first-order valence-electron chi connectivity index (χ1n) is 10.1. The number of aromatic nitrogens is 1. The molecule has 2 aromatic rings. The van der Waals surface area contributed by atoms with Crippen molar-refractivity contribution in [2.24, 2.45) is 12.5 Å². The molecule has 0 N–H and O–H groups in total. The Labute approximate surface area is 178 Å². The predicted molar refractivity (Wildman–Crippen MR) is 115 cm³/mol. The van der Waals surface area contributed by atoms with Gasteiger partial charge in [0.05, 0.1) is 12.0 Å². The smallest absolute Gasteiger partial charge is 0.242 e. The van der Waals surface area contributed by atoms with Gasteiger partial charge in [0.2, 0.25) is 11.8 Å². The molecular weight excluding hydrogens is 386 g/mol. The molecule has 2 amide bonds. The van der Waals surface area contributed by atoms with Gasteiger partial charge in [0.15, 0.2) is 0 Å². The van der Waals surface area contributed by atoms with Gasteiger partial charge in [0.1, 0.15) is 6.54 Å². The van der Waals surface area contributed by atoms with Crippen molar-refractivity contribution >= 4 is 23.4 Å². The molecule has 0 radical (unpaired) electrons. The van der Waals surface area contributed by atoms with Crippen molar-refractivity contribution in [3.63, 3.8) is 0 Å². The Bertz CT molecular complexity index is 843. The molecule has 5 nitrogen and oxygen atoms in total. The third-order valence-corrected chi connectivity index (χ3v) is 6.11. The number of halogens is 1. The molecule has 29 heavy (non-hydrogen) atoms. The monoisotopic (exact) mass is 415 g/mol. The molecule has 0 aliphatic heterocycles. The van der Waals surface area contributed by atoms with Crippen LogP contribution in [0.4, 0.5) is 0 Å². The van der Waals surface area contributed by atoms with Crippen LogP contribution < -0.4 is 0 Å². The fourth-order valence-electron chi connectivity index (χ4n) is 3.34. The van der Waals surface area contributed by atoms with Crippen molar-refractivity contribution in [2.45, 2.75) is 45.8 Å². The number of carbonyl (C=O) groups excluding carboxylic acids is 2. The van der Waals surface area contributed by atoms with E-state index in [1.165, 1.54) is 0 Å². The van der Waals surface area contributed by atoms with Gasteiger partial charge in [-0.25, -0.2) is 0 Å². The number of carbonyl (C=O) groups is 2. The van der Waals surface area contributed by atoms with Gasteiger partial charge < -0.3 is 14.4 Å². The van der Waals surface area contributed by atoms with Crippen LogP contribution in [0, 0.1) is 5.41 Å². The van der Waals surface area contributed by atoms with E-state index in [4.69, 9.17) is 11.6 Å². The van der Waals surface area contributed by atoms with Gasteiger partial charge in [-0.1, -0.05) is 30.3 Å². The van der Waals surface area contributed by atoms with Crippen LogP contribution in [0.25, 0.3) is 0 Å². The molecule has 0 bridgehead atoms. The maximum Gasteiger partial charge on any atom is 0.242 e. The summed E-state index contributed by atoms with van der Waals surface area (Å²) in [7, 11) is 1.98. The maximum absolute atomic E-state index is 13.3. The fraction of sp³-hybridized carbons (Fsp3) is 0.478. The quantitative estimate of drug-likeness (QED) is 0.584. The lowest BCUT2D eigenvalue weighted by Gasteiger charge is -2.32. The van der Waals surface area contributed by atoms with Gasteiger partial charge in [0, 0.05) is 37.4 Å². The SMILES string of the molecule is Cn1cccc1CN(Cc1ccccc1)C(=O)CN(C(=O)C(C)(C)CCl)C1CC1. The van der Waals surface area contributed by atoms with E-state index in [-0.39, 0.29) is 30.3 Å². The zero-order valence-corrected chi connectivity index (χ0v) is 18.2. The molecule has 1 saturated carbocycles. The number of nitrogens with zero attached hydrogens (tertiary/aromatic N) is 3. The van der Waals surface area contributed by atoms with Gasteiger partial charge in [-0.05, 0) is 44.4 Å². The summed E-state index contributed by atoms with van der Waals surface area (Å²) < 4.78 is 2.02. The van der Waals surface area contributed by atoms with Crippen LogP contribution in [0.2, 0.25) is 0 Å². The molecule has 1 aliphatic rings. The Morgan fingerprint density at radius 2 is 1.79 bits per heavy atom. The minimum absolute atomic E-state index is 0.0399. The first-order valence-corrected chi connectivity index (χ1v) is 10.6. The minimum Gasteiger partial charge on any atom is -0.353 e. The average molecular weight is 416 g/mol. The Balaban J connectivity index is 1.79. The highest BCUT2D eigenvalue weighted by molar-refractivity contribution is 6.19. The lowest BCUT2D eigenvalue weighted by molar-refractivity contribution is -0.146. The van der Waals surface area contributed by atoms with Crippen LogP contribution in [-0.4, -0.2) is 44.6 Å². The molecule has 0 spiro atoms. The second-order valence-corrected chi connectivity index (χ2v) is 8.79. The largest absolute Gasteiger partial charge is 0.353 e. The third kappa shape index (κ3) is 5.41. The summed E-state index contributed by atoms with van der Waals surface area (Å²) in [6.45, 7) is 4.79. The summed E-state index contributed by atoms with van der Waals surface area (Å²) in [4.78, 5) is 29.9. The van der Waals surface area contributed by atoms with Crippen molar-refractivity contribution in [3.8, 4) is 0 Å². The highest BCUT2D eigenvalue weighted by Gasteiger charge is 2.40. The molecule has 1 aromatic carbocycles. The molecule has 1 heterocycles. The van der Waals surface area contributed by atoms with E-state index in [0.717, 1.165) is 24.1 Å². The second kappa shape index (κ2) is 9.04. The van der Waals surface area contributed by atoms with Gasteiger partial charge in [-0.15, -0.1) is 11.6 Å². The Kier molecular flexibility index (Phi) is 6.68. The first-order chi connectivity index (χ1) is 13.8. The number of rotatable bonds is 9. The molecule has 156 valence electrons. The normalized spacial score (nSPS) is 13.9. The fourth-order valence-corrected chi connectivity index (χ4v) is 3.45. The lowest BCUT2D eigenvalue weighted by Crippen LogP contribution is -2.48. The van der Waals surface area contributed by atoms with E-state index >= 15 is 0 Å². The van der Waals surface area contributed by atoms with E-state index in [2.05, 4.69) is 0 Å². The van der Waals surface area contributed by atoms with Crippen LogP contribution in [-0.2, 0) is 29.7 Å². The van der Waals surface area contributed by atoms with Crippen LogP contribution in [0.3, 0.4) is 0 Å². The molecule has 1 aromatic heterocycles. The van der Waals surface area contributed by atoms with Crippen molar-refractivity contribution in [1.29, 1.82) is 0 Å². The number of alkyl halides is 1. The molecule has 1 fully saturated rings. The van der Waals surface area contributed by atoms with E-state index in [1.54, 1.807) is 4.90 Å². The van der Waals surface area contributed by atoms with Crippen molar-refractivity contribution in [2.75, 3.05) is 12.4 Å². The van der Waals surface area contributed by atoms with E-state index in [0.29, 0.717) is 13.1 Å². The predicted octanol–water partition coefficient (Wildman–Crippen LogP) is 3.81. The number of aryl methyl sites for hydroxylation is 1. The van der Waals surface area contributed by atoms with Crippen LogP contribution in [0.15, 0.2) is 48.7 Å². The molecule has 3 rings (SSSR count). The Morgan fingerprint density at radius 1 is 1.10 bits per heavy atom. The Morgan fingerprint density at radius 3 is 2.34 bits per heavy atom. The number of hydrogen-bond donors (Lipinski definition) is 0. The standard InChI is InChI=1S/C23H30ClN3O2/c1-23(2,17-24)22(29)27(19-11-12-19)16-21(28)26(14-18-8-5-4-6-9-18)15-20-10-7-13-25(20)3/h4-10,13,19H,11-12,14-17H2,1-3H3. The van der Waals surface area contributed by atoms with Gasteiger partial charge >= 0.3 is 0 Å². The van der Waals surface area contributed by atoms with Crippen LogP contribution >= 0.6 is 11.6 Å². The van der Waals surface area contributed by atoms with Crippen molar-refractivity contribution < 1.29 is 9.59 Å². The molecule has 0 unspecified atom stereocenters. The summed E-state index contributed by atoms with van der Waals surface area (Å²) in [5.74, 6) is 0.155. The van der Waals surface area contributed by atoms with E-state index < -0.39 is 5.41 Å². The zero-order valence-electron chi connectivity index (χ0n) is 17.5. The number of hydrogen-bond acceptors (Lipinski definition) is 2. The molecule has 0 atom stereocenters. The maximum atomic E-state index is 13.3. The molecule has 6 heteroatoms. The van der Waals surface area contributed by atoms with E-state index in [9.17, 15) is 9.59 Å². The number of benzene rings is 1. The topological polar surface area (TPSA) is 45.6 Å². The summed E-state index contributed by atoms with van der Waals surface area (Å²) in [6.07, 6.45) is 3.88. The minimum atomic E-state index is -0.674. The first kappa shape index (κ1) is 21.4.